The van der Waals surface area contributed by atoms with Gasteiger partial charge in [-0.3, -0.25) is 9.59 Å². The van der Waals surface area contributed by atoms with Gasteiger partial charge in [-0.05, 0) is 96.3 Å². The molecule has 6 N–H and O–H groups in total. The molecule has 1 amide bonds. The third-order valence-corrected chi connectivity index (χ3v) is 12.9. The van der Waals surface area contributed by atoms with Gasteiger partial charge in [0.25, 0.3) is 0 Å². The van der Waals surface area contributed by atoms with E-state index >= 15 is 0 Å². The van der Waals surface area contributed by atoms with Gasteiger partial charge in [-0.15, -0.1) is 0 Å². The highest BCUT2D eigenvalue weighted by Crippen LogP contribution is 2.23. The van der Waals surface area contributed by atoms with Crippen LogP contribution in [0, 0.1) is 0 Å². The van der Waals surface area contributed by atoms with Crippen LogP contribution in [0.2, 0.25) is 0 Å². The molecule has 0 aromatic rings. The maximum absolute atomic E-state index is 13.0. The van der Waals surface area contributed by atoms with Crippen molar-refractivity contribution < 1.29 is 49.3 Å². The van der Waals surface area contributed by atoms with Gasteiger partial charge in [-0.25, -0.2) is 0 Å². The Balaban J connectivity index is 2.10. The molecule has 0 aromatic heterocycles. The maximum Gasteiger partial charge on any atom is 0.305 e. The number of hydrogen-bond donors (Lipinski definition) is 6. The normalized spacial score (nSPS) is 19.8. The Bertz CT molecular complexity index is 1270. The van der Waals surface area contributed by atoms with E-state index in [2.05, 4.69) is 55.6 Å². The lowest BCUT2D eigenvalue weighted by molar-refractivity contribution is -0.302. The number of carbonyl (C=O) groups is 2. The van der Waals surface area contributed by atoms with E-state index in [1.54, 1.807) is 6.08 Å². The van der Waals surface area contributed by atoms with E-state index in [9.17, 15) is 35.1 Å². The summed E-state index contributed by atoms with van der Waals surface area (Å²) in [5, 5.41) is 54.1. The summed E-state index contributed by atoms with van der Waals surface area (Å²) in [6.07, 6.45) is 47.8. The van der Waals surface area contributed by atoms with Gasteiger partial charge in [-0.1, -0.05) is 178 Å². The van der Waals surface area contributed by atoms with Gasteiger partial charge in [0, 0.05) is 12.8 Å². The number of rotatable bonds is 47. The maximum atomic E-state index is 13.0. The molecule has 0 radical (unpaired) electrons. The predicted octanol–water partition coefficient (Wildman–Crippen LogP) is 12.1. The first kappa shape index (κ1) is 63.6. The quantitative estimate of drug-likeness (QED) is 0.0196. The highest BCUT2D eigenvalue weighted by Gasteiger charge is 2.44. The number of allylic oxidation sites excluding steroid dienone is 7. The molecule has 7 atom stereocenters. The van der Waals surface area contributed by atoms with Crippen molar-refractivity contribution in [2.45, 2.75) is 281 Å². The summed E-state index contributed by atoms with van der Waals surface area (Å²) >= 11 is 0. The van der Waals surface area contributed by atoms with Crippen molar-refractivity contribution in [3.63, 3.8) is 0 Å². The van der Waals surface area contributed by atoms with Crippen LogP contribution in [-0.4, -0.2) is 100 Å². The number of aliphatic hydroxyl groups excluding tert-OH is 5. The summed E-state index contributed by atoms with van der Waals surface area (Å²) in [5.41, 5.74) is 0. The van der Waals surface area contributed by atoms with Crippen molar-refractivity contribution >= 4 is 11.9 Å². The zero-order valence-corrected chi connectivity index (χ0v) is 43.3. The van der Waals surface area contributed by atoms with Crippen LogP contribution in [0.5, 0.6) is 0 Å². The van der Waals surface area contributed by atoms with E-state index in [1.165, 1.54) is 116 Å². The van der Waals surface area contributed by atoms with Gasteiger partial charge >= 0.3 is 5.97 Å². The largest absolute Gasteiger partial charge is 0.466 e. The number of ether oxygens (including phenoxy) is 3. The minimum Gasteiger partial charge on any atom is -0.466 e. The molecule has 0 bridgehead atoms. The van der Waals surface area contributed by atoms with Gasteiger partial charge in [-0.2, -0.15) is 0 Å². The van der Waals surface area contributed by atoms with Crippen molar-refractivity contribution in [1.82, 2.24) is 5.32 Å². The van der Waals surface area contributed by atoms with Gasteiger partial charge < -0.3 is 45.1 Å². The molecule has 68 heavy (non-hydrogen) atoms. The molecule has 0 aliphatic carbocycles. The Morgan fingerprint density at radius 2 is 0.985 bits per heavy atom. The van der Waals surface area contributed by atoms with E-state index < -0.39 is 49.5 Å². The fraction of sp³-hybridized carbons (Fsp3) is 0.825. The summed E-state index contributed by atoms with van der Waals surface area (Å²) in [6, 6.07) is -0.821. The highest BCUT2D eigenvalue weighted by molar-refractivity contribution is 5.76. The molecule has 11 nitrogen and oxygen atoms in total. The Morgan fingerprint density at radius 1 is 0.544 bits per heavy atom. The van der Waals surface area contributed by atoms with Crippen molar-refractivity contribution in [3.8, 4) is 0 Å². The van der Waals surface area contributed by atoms with E-state index in [1.807, 2.05) is 6.08 Å². The first-order chi connectivity index (χ1) is 33.2. The van der Waals surface area contributed by atoms with Crippen molar-refractivity contribution in [1.29, 1.82) is 0 Å². The van der Waals surface area contributed by atoms with Crippen molar-refractivity contribution in [2.24, 2.45) is 0 Å². The van der Waals surface area contributed by atoms with Gasteiger partial charge in [0.2, 0.25) is 5.91 Å². The Morgan fingerprint density at radius 3 is 1.50 bits per heavy atom. The molecular weight excluding hydrogens is 859 g/mol. The molecule has 11 heteroatoms. The topological polar surface area (TPSA) is 175 Å². The lowest BCUT2D eigenvalue weighted by atomic mass is 9.99. The third-order valence-electron chi connectivity index (χ3n) is 12.9. The lowest BCUT2D eigenvalue weighted by Crippen LogP contribution is -2.60. The van der Waals surface area contributed by atoms with E-state index in [0.717, 1.165) is 96.3 Å². The molecule has 1 fully saturated rings. The highest BCUT2D eigenvalue weighted by atomic mass is 16.7. The fourth-order valence-corrected chi connectivity index (χ4v) is 8.40. The molecule has 1 heterocycles. The summed E-state index contributed by atoms with van der Waals surface area (Å²) in [7, 11) is 0. The average molecular weight is 962 g/mol. The average Bonchev–Trinajstić information content (AvgIpc) is 3.33. The molecule has 0 saturated carbocycles. The smallest absolute Gasteiger partial charge is 0.305 e. The molecule has 0 aromatic carbocycles. The number of carbonyl (C=O) groups excluding carboxylic acids is 2. The lowest BCUT2D eigenvalue weighted by Gasteiger charge is -2.40. The monoisotopic (exact) mass is 962 g/mol. The molecule has 0 spiro atoms. The number of unbranched alkanes of at least 4 members (excludes halogenated alkanes) is 27. The zero-order chi connectivity index (χ0) is 49.6. The Labute approximate surface area is 415 Å². The van der Waals surface area contributed by atoms with Gasteiger partial charge in [0.05, 0.1) is 32.0 Å². The van der Waals surface area contributed by atoms with Crippen LogP contribution >= 0.6 is 0 Å². The van der Waals surface area contributed by atoms with Crippen molar-refractivity contribution in [2.75, 3.05) is 19.8 Å². The first-order valence-electron chi connectivity index (χ1n) is 27.9. The second kappa shape index (κ2) is 47.0. The molecule has 1 saturated heterocycles. The number of esters is 1. The summed E-state index contributed by atoms with van der Waals surface area (Å²) in [4.78, 5) is 25.0. The second-order valence-electron chi connectivity index (χ2n) is 19.3. The summed E-state index contributed by atoms with van der Waals surface area (Å²) in [6.45, 7) is 4.23. The molecular formula is C57H103NO10. The van der Waals surface area contributed by atoms with E-state index in [4.69, 9.17) is 14.2 Å². The standard InChI is InChI=1S/C57H103NO10/c1-3-5-7-9-11-13-14-15-22-25-29-33-37-41-45-53(62)66-46-42-38-34-30-26-23-20-18-16-17-19-21-24-28-32-36-40-44-52(61)58-49(50(60)43-39-35-31-27-12-10-8-6-4-2)48-67-57-56(65)55(64)54(63)51(47-59)68-57/h14-16,18,23,26,39,43,49-51,54-57,59-60,63-65H,3-13,17,19-22,24-25,27-38,40-42,44-48H2,1-2H3,(H,58,61)/b15-14-,18-16-,26-23-,43-39+. The number of amides is 1. The Hall–Kier alpha value is -2.38. The van der Waals surface area contributed by atoms with Crippen LogP contribution in [0.4, 0.5) is 0 Å². The molecule has 1 rings (SSSR count). The van der Waals surface area contributed by atoms with E-state index in [0.29, 0.717) is 19.4 Å². The minimum absolute atomic E-state index is 0.0418. The van der Waals surface area contributed by atoms with Crippen LogP contribution in [0.1, 0.15) is 239 Å². The number of nitrogens with one attached hydrogen (secondary N) is 1. The third kappa shape index (κ3) is 36.5. The van der Waals surface area contributed by atoms with Gasteiger partial charge in [0.1, 0.15) is 24.4 Å². The number of hydrogen-bond acceptors (Lipinski definition) is 10. The molecule has 1 aliphatic heterocycles. The number of aliphatic hydroxyl groups is 5. The zero-order valence-electron chi connectivity index (χ0n) is 43.3. The Kier molecular flexibility index (Phi) is 44.0. The second-order valence-corrected chi connectivity index (χ2v) is 19.3. The van der Waals surface area contributed by atoms with Crippen LogP contribution < -0.4 is 5.32 Å². The fourth-order valence-electron chi connectivity index (χ4n) is 8.40. The SMILES string of the molecule is CCCCCCC/C=C\CCCCCCCC(=O)OCCCCC/C=C\C/C=C\CCCCCCCCCC(=O)NC(COC1OC(CO)C(O)C(O)C1O)C(O)/C=C/CCCCCCCCC. The predicted molar refractivity (Wildman–Crippen MR) is 278 cm³/mol. The van der Waals surface area contributed by atoms with Gasteiger partial charge in [0.15, 0.2) is 6.29 Å². The first-order valence-corrected chi connectivity index (χ1v) is 27.9. The van der Waals surface area contributed by atoms with E-state index in [-0.39, 0.29) is 18.5 Å². The van der Waals surface area contributed by atoms with Crippen LogP contribution in [0.3, 0.4) is 0 Å². The van der Waals surface area contributed by atoms with Crippen LogP contribution in [0.15, 0.2) is 48.6 Å². The molecule has 1 aliphatic rings. The minimum atomic E-state index is -1.58. The molecule has 396 valence electrons. The van der Waals surface area contributed by atoms with Crippen LogP contribution in [-0.2, 0) is 23.8 Å². The summed E-state index contributed by atoms with van der Waals surface area (Å²) < 4.78 is 16.6. The summed E-state index contributed by atoms with van der Waals surface area (Å²) in [5.74, 6) is -0.243. The van der Waals surface area contributed by atoms with Crippen LogP contribution in [0.25, 0.3) is 0 Å². The molecule has 7 unspecified atom stereocenters. The van der Waals surface area contributed by atoms with Crippen molar-refractivity contribution in [3.05, 3.63) is 48.6 Å².